The number of nitrogens with two attached hydrogens (primary N) is 1. The van der Waals surface area contributed by atoms with Crippen LogP contribution < -0.4 is 15.2 Å². The highest BCUT2D eigenvalue weighted by molar-refractivity contribution is 7.87. The van der Waals surface area contributed by atoms with Crippen molar-refractivity contribution in [1.82, 2.24) is 9.44 Å². The first-order chi connectivity index (χ1) is 6.91. The lowest BCUT2D eigenvalue weighted by Gasteiger charge is -2.29. The smallest absolute Gasteiger partial charge is 0.277 e. The Balaban J connectivity index is 2.52. The maximum absolute atomic E-state index is 11.6. The molecule has 0 saturated heterocycles. The molecular weight excluding hydrogens is 214 g/mol. The van der Waals surface area contributed by atoms with E-state index in [0.29, 0.717) is 0 Å². The zero-order valence-electron chi connectivity index (χ0n) is 9.36. The van der Waals surface area contributed by atoms with E-state index in [1.165, 1.54) is 0 Å². The second-order valence-electron chi connectivity index (χ2n) is 4.45. The summed E-state index contributed by atoms with van der Waals surface area (Å²) in [6.45, 7) is 3.58. The van der Waals surface area contributed by atoms with Crippen LogP contribution in [0.5, 0.6) is 0 Å². The molecule has 0 unspecified atom stereocenters. The van der Waals surface area contributed by atoms with Crippen molar-refractivity contribution in [1.29, 1.82) is 0 Å². The normalized spacial score (nSPS) is 28.3. The van der Waals surface area contributed by atoms with Gasteiger partial charge in [-0.05, 0) is 26.7 Å². The van der Waals surface area contributed by atoms with Crippen LogP contribution in [0.1, 0.15) is 39.5 Å². The molecule has 0 amide bonds. The van der Waals surface area contributed by atoms with Gasteiger partial charge in [-0.3, -0.25) is 0 Å². The minimum atomic E-state index is -3.39. The maximum atomic E-state index is 11.6. The number of nitrogens with one attached hydrogen (secondary N) is 2. The molecule has 1 saturated carbocycles. The van der Waals surface area contributed by atoms with E-state index < -0.39 is 10.2 Å². The van der Waals surface area contributed by atoms with E-state index in [1.807, 2.05) is 0 Å². The molecule has 5 nitrogen and oxygen atoms in total. The molecule has 0 aliphatic heterocycles. The Morgan fingerprint density at radius 1 is 1.27 bits per heavy atom. The largest absolute Gasteiger partial charge is 0.326 e. The van der Waals surface area contributed by atoms with Gasteiger partial charge >= 0.3 is 0 Å². The molecule has 0 spiro atoms. The zero-order valence-corrected chi connectivity index (χ0v) is 10.2. The SMILES string of the molecule is CC(C)NS(=O)(=O)N[C@@H]1CCCC[C@H]1N. The first-order valence-electron chi connectivity index (χ1n) is 5.46. The Morgan fingerprint density at radius 2 is 1.87 bits per heavy atom. The summed E-state index contributed by atoms with van der Waals surface area (Å²) in [5.74, 6) is 0. The van der Waals surface area contributed by atoms with E-state index in [0.717, 1.165) is 25.7 Å². The molecule has 15 heavy (non-hydrogen) atoms. The highest BCUT2D eigenvalue weighted by Crippen LogP contribution is 2.17. The van der Waals surface area contributed by atoms with Crippen molar-refractivity contribution in [3.8, 4) is 0 Å². The molecule has 1 aliphatic carbocycles. The summed E-state index contributed by atoms with van der Waals surface area (Å²) in [7, 11) is -3.39. The lowest BCUT2D eigenvalue weighted by atomic mass is 9.92. The van der Waals surface area contributed by atoms with Crippen molar-refractivity contribution >= 4 is 10.2 Å². The van der Waals surface area contributed by atoms with Crippen molar-refractivity contribution in [3.05, 3.63) is 0 Å². The third-order valence-corrected chi connectivity index (χ3v) is 3.91. The van der Waals surface area contributed by atoms with Gasteiger partial charge in [0.15, 0.2) is 0 Å². The average Bonchev–Trinajstić information content (AvgIpc) is 2.06. The van der Waals surface area contributed by atoms with E-state index in [2.05, 4.69) is 9.44 Å². The lowest BCUT2D eigenvalue weighted by molar-refractivity contribution is 0.359. The van der Waals surface area contributed by atoms with E-state index >= 15 is 0 Å². The molecule has 0 bridgehead atoms. The second-order valence-corrected chi connectivity index (χ2v) is 5.93. The van der Waals surface area contributed by atoms with Gasteiger partial charge in [0.05, 0.1) is 0 Å². The number of hydrogen-bond acceptors (Lipinski definition) is 3. The van der Waals surface area contributed by atoms with E-state index in [9.17, 15) is 8.42 Å². The minimum absolute atomic E-state index is 0.0533. The molecule has 0 aromatic heterocycles. The summed E-state index contributed by atoms with van der Waals surface area (Å²) in [6.07, 6.45) is 3.87. The first kappa shape index (κ1) is 12.9. The summed E-state index contributed by atoms with van der Waals surface area (Å²) in [6, 6.07) is -0.264. The van der Waals surface area contributed by atoms with Crippen LogP contribution >= 0.6 is 0 Å². The fourth-order valence-corrected chi connectivity index (χ4v) is 3.23. The Kier molecular flexibility index (Phi) is 4.51. The van der Waals surface area contributed by atoms with Crippen LogP contribution in [0.2, 0.25) is 0 Å². The summed E-state index contributed by atoms with van der Waals surface area (Å²) < 4.78 is 28.3. The van der Waals surface area contributed by atoms with Crippen LogP contribution in [0, 0.1) is 0 Å². The number of rotatable bonds is 4. The standard InChI is InChI=1S/C9H21N3O2S/c1-7(2)11-15(13,14)12-9-6-4-3-5-8(9)10/h7-9,11-12H,3-6,10H2,1-2H3/t8-,9-/m1/s1. The van der Waals surface area contributed by atoms with Gasteiger partial charge in [-0.1, -0.05) is 12.8 Å². The van der Waals surface area contributed by atoms with Crippen LogP contribution in [0.3, 0.4) is 0 Å². The summed E-state index contributed by atoms with van der Waals surface area (Å²) in [5, 5.41) is 0. The van der Waals surface area contributed by atoms with Crippen molar-refractivity contribution < 1.29 is 8.42 Å². The van der Waals surface area contributed by atoms with Crippen LogP contribution in [-0.2, 0) is 10.2 Å². The molecule has 90 valence electrons. The van der Waals surface area contributed by atoms with Gasteiger partial charge in [-0.15, -0.1) is 0 Å². The molecule has 0 heterocycles. The van der Waals surface area contributed by atoms with Crippen molar-refractivity contribution in [2.75, 3.05) is 0 Å². The van der Waals surface area contributed by atoms with Crippen LogP contribution in [-0.4, -0.2) is 26.5 Å². The van der Waals surface area contributed by atoms with E-state index in [-0.39, 0.29) is 18.1 Å². The average molecular weight is 235 g/mol. The maximum Gasteiger partial charge on any atom is 0.277 e. The highest BCUT2D eigenvalue weighted by atomic mass is 32.2. The molecule has 4 N–H and O–H groups in total. The highest BCUT2D eigenvalue weighted by Gasteiger charge is 2.26. The summed E-state index contributed by atoms with van der Waals surface area (Å²) in [4.78, 5) is 0. The molecule has 1 rings (SSSR count). The van der Waals surface area contributed by atoms with Crippen molar-refractivity contribution in [3.63, 3.8) is 0 Å². The van der Waals surface area contributed by atoms with Gasteiger partial charge in [0, 0.05) is 18.1 Å². The van der Waals surface area contributed by atoms with Crippen molar-refractivity contribution in [2.45, 2.75) is 57.7 Å². The minimum Gasteiger partial charge on any atom is -0.326 e. The van der Waals surface area contributed by atoms with E-state index in [1.54, 1.807) is 13.8 Å². The van der Waals surface area contributed by atoms with Gasteiger partial charge in [0.2, 0.25) is 0 Å². The third-order valence-electron chi connectivity index (χ3n) is 2.52. The molecule has 1 aliphatic rings. The molecule has 2 atom stereocenters. The van der Waals surface area contributed by atoms with Crippen LogP contribution in [0.4, 0.5) is 0 Å². The Labute approximate surface area is 92.0 Å². The van der Waals surface area contributed by atoms with E-state index in [4.69, 9.17) is 5.73 Å². The fourth-order valence-electron chi connectivity index (χ4n) is 1.85. The third kappa shape index (κ3) is 4.46. The Morgan fingerprint density at radius 3 is 2.40 bits per heavy atom. The lowest BCUT2D eigenvalue weighted by Crippen LogP contribution is -2.53. The first-order valence-corrected chi connectivity index (χ1v) is 6.94. The van der Waals surface area contributed by atoms with Crippen LogP contribution in [0.15, 0.2) is 0 Å². The van der Waals surface area contributed by atoms with Gasteiger partial charge in [0.25, 0.3) is 10.2 Å². The van der Waals surface area contributed by atoms with Gasteiger partial charge < -0.3 is 5.73 Å². The second kappa shape index (κ2) is 5.25. The van der Waals surface area contributed by atoms with Gasteiger partial charge in [-0.2, -0.15) is 17.9 Å². The molecule has 0 aromatic rings. The monoisotopic (exact) mass is 235 g/mol. The topological polar surface area (TPSA) is 84.2 Å². The molecule has 0 radical (unpaired) electrons. The Hall–Kier alpha value is -0.170. The zero-order chi connectivity index (χ0) is 11.5. The quantitative estimate of drug-likeness (QED) is 0.645. The van der Waals surface area contributed by atoms with Crippen LogP contribution in [0.25, 0.3) is 0 Å². The molecular formula is C9H21N3O2S. The van der Waals surface area contributed by atoms with Gasteiger partial charge in [-0.25, -0.2) is 0 Å². The predicted molar refractivity (Wildman–Crippen MR) is 60.6 cm³/mol. The van der Waals surface area contributed by atoms with Gasteiger partial charge in [0.1, 0.15) is 0 Å². The molecule has 1 fully saturated rings. The summed E-state index contributed by atoms with van der Waals surface area (Å²) >= 11 is 0. The van der Waals surface area contributed by atoms with Crippen molar-refractivity contribution in [2.24, 2.45) is 5.73 Å². The predicted octanol–water partition coefficient (Wildman–Crippen LogP) is 0.0887. The Bertz CT molecular complexity index is 290. The molecule has 0 aromatic carbocycles. The molecule has 6 heteroatoms. The fraction of sp³-hybridized carbons (Fsp3) is 1.00. The summed E-state index contributed by atoms with van der Waals surface area (Å²) in [5.41, 5.74) is 5.86. The number of hydrogen-bond donors (Lipinski definition) is 3.